The fourth-order valence-electron chi connectivity index (χ4n) is 1.10. The van der Waals surface area contributed by atoms with Crippen molar-refractivity contribution in [2.45, 2.75) is 18.6 Å². The van der Waals surface area contributed by atoms with Crippen LogP contribution < -0.4 is 5.73 Å². The molecule has 78 valence electrons. The summed E-state index contributed by atoms with van der Waals surface area (Å²) in [7, 11) is 0. The van der Waals surface area contributed by atoms with Gasteiger partial charge in [-0.25, -0.2) is 0 Å². The van der Waals surface area contributed by atoms with Crippen LogP contribution >= 0.6 is 15.9 Å². The highest BCUT2D eigenvalue weighted by molar-refractivity contribution is 9.10. The second-order valence-electron chi connectivity index (χ2n) is 2.98. The van der Waals surface area contributed by atoms with Gasteiger partial charge in [0, 0.05) is 10.5 Å². The lowest BCUT2D eigenvalue weighted by atomic mass is 10.1. The Kier molecular flexibility index (Phi) is 3.55. The van der Waals surface area contributed by atoms with E-state index in [1.165, 1.54) is 0 Å². The van der Waals surface area contributed by atoms with Gasteiger partial charge >= 0.3 is 6.18 Å². The Labute approximate surface area is 88.2 Å². The molecule has 0 bridgehead atoms. The maximum atomic E-state index is 12.0. The first kappa shape index (κ1) is 11.5. The summed E-state index contributed by atoms with van der Waals surface area (Å²) < 4.78 is 36.7. The normalized spacial score (nSPS) is 14.1. The maximum absolute atomic E-state index is 12.0. The van der Waals surface area contributed by atoms with Crippen molar-refractivity contribution in [1.82, 2.24) is 0 Å². The van der Waals surface area contributed by atoms with E-state index in [-0.39, 0.29) is 0 Å². The van der Waals surface area contributed by atoms with Gasteiger partial charge in [0.15, 0.2) is 0 Å². The minimum atomic E-state index is -4.22. The molecule has 0 amide bonds. The van der Waals surface area contributed by atoms with Crippen LogP contribution in [0.2, 0.25) is 0 Å². The van der Waals surface area contributed by atoms with E-state index in [9.17, 15) is 13.2 Å². The third-order valence-electron chi connectivity index (χ3n) is 1.73. The molecule has 1 nitrogen and oxygen atoms in total. The highest BCUT2D eigenvalue weighted by atomic mass is 79.9. The van der Waals surface area contributed by atoms with Gasteiger partial charge in [0.1, 0.15) is 0 Å². The molecular weight excluding hydrogens is 259 g/mol. The van der Waals surface area contributed by atoms with Crippen LogP contribution in [0.5, 0.6) is 0 Å². The van der Waals surface area contributed by atoms with Gasteiger partial charge in [-0.2, -0.15) is 13.2 Å². The van der Waals surface area contributed by atoms with Crippen LogP contribution in [0.1, 0.15) is 18.0 Å². The van der Waals surface area contributed by atoms with Crippen molar-refractivity contribution in [3.63, 3.8) is 0 Å². The van der Waals surface area contributed by atoms with Crippen LogP contribution in [-0.2, 0) is 0 Å². The highest BCUT2D eigenvalue weighted by Crippen LogP contribution is 2.28. The predicted molar refractivity (Wildman–Crippen MR) is 51.7 cm³/mol. The molecular formula is C9H9BrF3N. The first-order valence-corrected chi connectivity index (χ1v) is 4.75. The van der Waals surface area contributed by atoms with Crippen molar-refractivity contribution in [3.8, 4) is 0 Å². The minimum Gasteiger partial charge on any atom is -0.324 e. The van der Waals surface area contributed by atoms with Crippen LogP contribution in [0.4, 0.5) is 13.2 Å². The fourth-order valence-corrected chi connectivity index (χ4v) is 1.52. The number of hydrogen-bond donors (Lipinski definition) is 1. The third kappa shape index (κ3) is 3.67. The van der Waals surface area contributed by atoms with E-state index in [1.807, 2.05) is 0 Å². The summed E-state index contributed by atoms with van der Waals surface area (Å²) in [5, 5.41) is 0. The Bertz CT molecular complexity index is 311. The molecule has 5 heteroatoms. The zero-order valence-corrected chi connectivity index (χ0v) is 8.77. The summed E-state index contributed by atoms with van der Waals surface area (Å²) in [5.41, 5.74) is 5.89. The molecule has 0 aliphatic carbocycles. The third-order valence-corrected chi connectivity index (χ3v) is 2.22. The number of nitrogens with two attached hydrogens (primary N) is 1. The van der Waals surface area contributed by atoms with Crippen LogP contribution in [-0.4, -0.2) is 6.18 Å². The van der Waals surface area contributed by atoms with Gasteiger partial charge in [-0.1, -0.05) is 28.1 Å². The summed E-state index contributed by atoms with van der Waals surface area (Å²) in [6, 6.07) is 5.59. The summed E-state index contributed by atoms with van der Waals surface area (Å²) in [6.07, 6.45) is -5.22. The number of benzene rings is 1. The van der Waals surface area contributed by atoms with Gasteiger partial charge in [-0.05, 0) is 17.7 Å². The number of alkyl halides is 3. The van der Waals surface area contributed by atoms with Gasteiger partial charge < -0.3 is 5.73 Å². The summed E-state index contributed by atoms with van der Waals surface area (Å²) in [5.74, 6) is 0. The van der Waals surface area contributed by atoms with Gasteiger partial charge in [0.25, 0.3) is 0 Å². The van der Waals surface area contributed by atoms with Gasteiger partial charge in [-0.3, -0.25) is 0 Å². The quantitative estimate of drug-likeness (QED) is 0.874. The highest BCUT2D eigenvalue weighted by Gasteiger charge is 2.30. The second-order valence-corrected chi connectivity index (χ2v) is 3.90. The lowest BCUT2D eigenvalue weighted by Gasteiger charge is -2.14. The van der Waals surface area contributed by atoms with Crippen molar-refractivity contribution in [2.75, 3.05) is 0 Å². The zero-order chi connectivity index (χ0) is 10.8. The molecule has 0 saturated carbocycles. The first-order valence-electron chi connectivity index (χ1n) is 3.96. The van der Waals surface area contributed by atoms with E-state index in [0.29, 0.717) is 5.56 Å². The van der Waals surface area contributed by atoms with Crippen LogP contribution in [0.25, 0.3) is 0 Å². The van der Waals surface area contributed by atoms with E-state index in [0.717, 1.165) is 4.47 Å². The average molecular weight is 268 g/mol. The first-order chi connectivity index (χ1) is 6.38. The molecule has 0 heterocycles. The second kappa shape index (κ2) is 4.31. The molecule has 0 aromatic heterocycles. The van der Waals surface area contributed by atoms with Gasteiger partial charge in [-0.15, -0.1) is 0 Å². The molecule has 14 heavy (non-hydrogen) atoms. The lowest BCUT2D eigenvalue weighted by molar-refractivity contribution is -0.138. The summed E-state index contributed by atoms with van der Waals surface area (Å²) in [4.78, 5) is 0. The minimum absolute atomic E-state index is 0.483. The molecule has 0 aliphatic rings. The Hall–Kier alpha value is -0.550. The number of hydrogen-bond acceptors (Lipinski definition) is 1. The largest absolute Gasteiger partial charge is 0.390 e. The smallest absolute Gasteiger partial charge is 0.324 e. The van der Waals surface area contributed by atoms with E-state index in [2.05, 4.69) is 15.9 Å². The zero-order valence-electron chi connectivity index (χ0n) is 7.18. The molecule has 1 aromatic carbocycles. The van der Waals surface area contributed by atoms with E-state index < -0.39 is 18.6 Å². The number of halogens is 4. The average Bonchev–Trinajstić information content (AvgIpc) is 2.01. The lowest BCUT2D eigenvalue weighted by Crippen LogP contribution is -2.20. The SMILES string of the molecule is NC(CC(F)(F)F)c1cccc(Br)c1. The molecule has 1 unspecified atom stereocenters. The monoisotopic (exact) mass is 267 g/mol. The van der Waals surface area contributed by atoms with Crippen LogP contribution in [0.3, 0.4) is 0 Å². The van der Waals surface area contributed by atoms with E-state index in [4.69, 9.17) is 5.73 Å². The van der Waals surface area contributed by atoms with Crippen LogP contribution in [0.15, 0.2) is 28.7 Å². The van der Waals surface area contributed by atoms with Crippen molar-refractivity contribution in [3.05, 3.63) is 34.3 Å². The van der Waals surface area contributed by atoms with Crippen molar-refractivity contribution >= 4 is 15.9 Å². The Morgan fingerprint density at radius 3 is 2.50 bits per heavy atom. The number of rotatable bonds is 2. The van der Waals surface area contributed by atoms with Crippen molar-refractivity contribution in [1.29, 1.82) is 0 Å². The molecule has 0 radical (unpaired) electrons. The van der Waals surface area contributed by atoms with Gasteiger partial charge in [0.05, 0.1) is 6.42 Å². The molecule has 2 N–H and O–H groups in total. The standard InChI is InChI=1S/C9H9BrF3N/c10-7-3-1-2-6(4-7)8(14)5-9(11,12)13/h1-4,8H,5,14H2. The van der Waals surface area contributed by atoms with Crippen LogP contribution in [0, 0.1) is 0 Å². The van der Waals surface area contributed by atoms with Gasteiger partial charge in [0.2, 0.25) is 0 Å². The molecule has 1 rings (SSSR count). The molecule has 0 aliphatic heterocycles. The van der Waals surface area contributed by atoms with E-state index >= 15 is 0 Å². The Morgan fingerprint density at radius 1 is 1.36 bits per heavy atom. The molecule has 0 saturated heterocycles. The van der Waals surface area contributed by atoms with E-state index in [1.54, 1.807) is 24.3 Å². The van der Waals surface area contributed by atoms with Crippen molar-refractivity contribution < 1.29 is 13.2 Å². The maximum Gasteiger partial charge on any atom is 0.390 e. The molecule has 0 fully saturated rings. The predicted octanol–water partition coefficient (Wildman–Crippen LogP) is 3.40. The van der Waals surface area contributed by atoms with Crippen molar-refractivity contribution in [2.24, 2.45) is 5.73 Å². The topological polar surface area (TPSA) is 26.0 Å². The Morgan fingerprint density at radius 2 is 2.00 bits per heavy atom. The summed E-state index contributed by atoms with van der Waals surface area (Å²) >= 11 is 3.17. The molecule has 1 atom stereocenters. The molecule has 0 spiro atoms. The molecule has 1 aromatic rings. The Balaban J connectivity index is 2.74. The summed E-state index contributed by atoms with van der Waals surface area (Å²) in [6.45, 7) is 0. The fraction of sp³-hybridized carbons (Fsp3) is 0.333.